The Bertz CT molecular complexity index is 1100. The van der Waals surface area contributed by atoms with Gasteiger partial charge in [0.1, 0.15) is 11.0 Å². The van der Waals surface area contributed by atoms with E-state index in [0.717, 1.165) is 51.0 Å². The predicted molar refractivity (Wildman–Crippen MR) is 164 cm³/mol. The third kappa shape index (κ3) is 9.10. The lowest BCUT2D eigenvalue weighted by Gasteiger charge is -2.40. The molecule has 0 saturated carbocycles. The Hall–Kier alpha value is -2.32. The number of anilines is 1. The number of likely N-dealkylation sites (tertiary alicyclic amines) is 1. The van der Waals surface area contributed by atoms with Crippen LogP contribution in [0.4, 0.5) is 5.82 Å². The second kappa shape index (κ2) is 15.6. The summed E-state index contributed by atoms with van der Waals surface area (Å²) in [6.07, 6.45) is 9.55. The van der Waals surface area contributed by atoms with Crippen LogP contribution in [-0.4, -0.2) is 76.1 Å². The van der Waals surface area contributed by atoms with Gasteiger partial charge in [-0.3, -0.25) is 9.59 Å². The first kappa shape index (κ1) is 30.6. The number of rotatable bonds is 12. The summed E-state index contributed by atoms with van der Waals surface area (Å²) in [7, 11) is 0. The Morgan fingerprint density at radius 1 is 0.975 bits per heavy atom. The largest absolute Gasteiger partial charge is 0.353 e. The van der Waals surface area contributed by atoms with E-state index in [2.05, 4.69) is 54.1 Å². The highest BCUT2D eigenvalue weighted by Gasteiger charge is 2.28. The number of piperazine rings is 1. The molecule has 40 heavy (non-hydrogen) atoms. The van der Waals surface area contributed by atoms with Gasteiger partial charge in [0.2, 0.25) is 11.8 Å². The van der Waals surface area contributed by atoms with Crippen LogP contribution in [0.3, 0.4) is 0 Å². The monoisotopic (exact) mass is 585 g/mol. The molecule has 9 heteroatoms. The van der Waals surface area contributed by atoms with E-state index in [1.165, 1.54) is 36.6 Å². The van der Waals surface area contributed by atoms with Gasteiger partial charge in [0.15, 0.2) is 5.16 Å². The van der Waals surface area contributed by atoms with E-state index in [1.54, 1.807) is 6.07 Å². The molecule has 2 aliphatic rings. The Kier molecular flexibility index (Phi) is 12.0. The molecular formula is C31H44ClN5O2S. The molecule has 0 bridgehead atoms. The zero-order chi connectivity index (χ0) is 28.3. The molecule has 2 aromatic rings. The number of nitrogens with zero attached hydrogens (tertiary/aromatic N) is 5. The minimum atomic E-state index is 0.105. The molecule has 0 N–H and O–H groups in total. The summed E-state index contributed by atoms with van der Waals surface area (Å²) in [5.41, 5.74) is 1.37. The molecule has 7 nitrogen and oxygen atoms in total. The van der Waals surface area contributed by atoms with Crippen LogP contribution in [0.15, 0.2) is 41.6 Å². The van der Waals surface area contributed by atoms with Crippen molar-refractivity contribution in [2.45, 2.75) is 82.8 Å². The second-order valence-corrected chi connectivity index (χ2v) is 12.5. The van der Waals surface area contributed by atoms with E-state index < -0.39 is 0 Å². The van der Waals surface area contributed by atoms with Crippen molar-refractivity contribution >= 4 is 41.0 Å². The zero-order valence-electron chi connectivity index (χ0n) is 24.1. The average molecular weight is 586 g/mol. The standard InChI is InChI=1S/C31H44ClN5O2S/c1-3-4-5-6-10-13-29(38)37-19-18-36(22-24(37)2)28-21-27(32)33-31(34-28)40-23-30(39)35-16-14-26(15-17-35)20-25-11-8-7-9-12-25/h7-9,11-12,21,24,26H,3-6,10,13-20,22-23H2,1-2H3. The molecule has 0 aliphatic carbocycles. The van der Waals surface area contributed by atoms with Gasteiger partial charge in [0.05, 0.1) is 5.75 Å². The Balaban J connectivity index is 1.23. The number of piperidine rings is 1. The number of halogens is 1. The maximum absolute atomic E-state index is 12.9. The van der Waals surface area contributed by atoms with E-state index in [4.69, 9.17) is 16.6 Å². The van der Waals surface area contributed by atoms with Crippen LogP contribution in [0, 0.1) is 5.92 Å². The van der Waals surface area contributed by atoms with E-state index in [-0.39, 0.29) is 17.9 Å². The van der Waals surface area contributed by atoms with E-state index in [1.807, 2.05) is 9.80 Å². The molecule has 2 fully saturated rings. The Morgan fingerprint density at radius 2 is 1.73 bits per heavy atom. The molecule has 2 amide bonds. The molecule has 4 rings (SSSR count). The predicted octanol–water partition coefficient (Wildman–Crippen LogP) is 6.10. The number of benzene rings is 1. The van der Waals surface area contributed by atoms with Crippen molar-refractivity contribution in [1.29, 1.82) is 0 Å². The lowest BCUT2D eigenvalue weighted by Crippen LogP contribution is -2.54. The third-order valence-corrected chi connectivity index (χ3v) is 9.11. The van der Waals surface area contributed by atoms with E-state index in [9.17, 15) is 9.59 Å². The fourth-order valence-corrected chi connectivity index (χ4v) is 6.71. The van der Waals surface area contributed by atoms with Crippen LogP contribution in [0.2, 0.25) is 5.15 Å². The van der Waals surface area contributed by atoms with Gasteiger partial charge >= 0.3 is 0 Å². The summed E-state index contributed by atoms with van der Waals surface area (Å²) >= 11 is 7.72. The summed E-state index contributed by atoms with van der Waals surface area (Å²) < 4.78 is 0. The van der Waals surface area contributed by atoms with Gasteiger partial charge in [0, 0.05) is 51.3 Å². The number of amides is 2. The molecule has 1 aromatic carbocycles. The molecule has 1 unspecified atom stereocenters. The first-order chi connectivity index (χ1) is 19.4. The minimum absolute atomic E-state index is 0.105. The fraction of sp³-hybridized carbons (Fsp3) is 0.613. The molecule has 2 saturated heterocycles. The van der Waals surface area contributed by atoms with Crippen LogP contribution in [-0.2, 0) is 16.0 Å². The first-order valence-electron chi connectivity index (χ1n) is 15.0. The molecule has 1 atom stereocenters. The van der Waals surface area contributed by atoms with Gasteiger partial charge < -0.3 is 14.7 Å². The number of hydrogen-bond donors (Lipinski definition) is 0. The lowest BCUT2D eigenvalue weighted by atomic mass is 9.90. The Morgan fingerprint density at radius 3 is 2.45 bits per heavy atom. The number of aromatic nitrogens is 2. The maximum Gasteiger partial charge on any atom is 0.233 e. The summed E-state index contributed by atoms with van der Waals surface area (Å²) in [5, 5.41) is 0.896. The van der Waals surface area contributed by atoms with Crippen molar-refractivity contribution in [3.8, 4) is 0 Å². The minimum Gasteiger partial charge on any atom is -0.353 e. The van der Waals surface area contributed by atoms with E-state index in [0.29, 0.717) is 48.0 Å². The quantitative estimate of drug-likeness (QED) is 0.130. The van der Waals surface area contributed by atoms with Crippen molar-refractivity contribution < 1.29 is 9.59 Å². The van der Waals surface area contributed by atoms with Crippen molar-refractivity contribution in [1.82, 2.24) is 19.8 Å². The topological polar surface area (TPSA) is 69.6 Å². The van der Waals surface area contributed by atoms with Gasteiger partial charge in [-0.1, -0.05) is 86.3 Å². The number of thioether (sulfide) groups is 1. The molecule has 1 aromatic heterocycles. The molecule has 3 heterocycles. The van der Waals surface area contributed by atoms with Gasteiger partial charge in [-0.25, -0.2) is 9.97 Å². The second-order valence-electron chi connectivity index (χ2n) is 11.2. The lowest BCUT2D eigenvalue weighted by molar-refractivity contribution is -0.133. The van der Waals surface area contributed by atoms with Crippen molar-refractivity contribution in [2.24, 2.45) is 5.92 Å². The van der Waals surface area contributed by atoms with Crippen LogP contribution in [0.25, 0.3) is 0 Å². The number of unbranched alkanes of at least 4 members (excludes halogenated alkanes) is 4. The number of carbonyl (C=O) groups is 2. The molecule has 0 spiro atoms. The Labute approximate surface area is 249 Å². The van der Waals surface area contributed by atoms with Crippen molar-refractivity contribution in [3.63, 3.8) is 0 Å². The van der Waals surface area contributed by atoms with Gasteiger partial charge in [-0.2, -0.15) is 0 Å². The van der Waals surface area contributed by atoms with Gasteiger partial charge in [-0.05, 0) is 44.1 Å². The molecule has 2 aliphatic heterocycles. The van der Waals surface area contributed by atoms with Crippen molar-refractivity contribution in [3.05, 3.63) is 47.1 Å². The number of carbonyl (C=O) groups excluding carboxylic acids is 2. The van der Waals surface area contributed by atoms with Gasteiger partial charge in [0.25, 0.3) is 0 Å². The number of hydrogen-bond acceptors (Lipinski definition) is 6. The molecule has 0 radical (unpaired) electrons. The highest BCUT2D eigenvalue weighted by atomic mass is 35.5. The zero-order valence-corrected chi connectivity index (χ0v) is 25.6. The van der Waals surface area contributed by atoms with Crippen LogP contribution in [0.5, 0.6) is 0 Å². The van der Waals surface area contributed by atoms with Crippen LogP contribution >= 0.6 is 23.4 Å². The summed E-state index contributed by atoms with van der Waals surface area (Å²) in [5.74, 6) is 2.07. The van der Waals surface area contributed by atoms with Gasteiger partial charge in [-0.15, -0.1) is 0 Å². The summed E-state index contributed by atoms with van der Waals surface area (Å²) in [6, 6.07) is 12.5. The SMILES string of the molecule is CCCCCCCC(=O)N1CCN(c2cc(Cl)nc(SCC(=O)N3CCC(Cc4ccccc4)CC3)n2)CC1C. The molecule has 218 valence electrons. The van der Waals surface area contributed by atoms with Crippen LogP contribution in [0.1, 0.15) is 70.8 Å². The molecular weight excluding hydrogens is 542 g/mol. The first-order valence-corrected chi connectivity index (χ1v) is 16.3. The smallest absolute Gasteiger partial charge is 0.233 e. The fourth-order valence-electron chi connectivity index (χ4n) is 5.72. The summed E-state index contributed by atoms with van der Waals surface area (Å²) in [4.78, 5) is 41.0. The normalized spacial score (nSPS) is 18.3. The summed E-state index contributed by atoms with van der Waals surface area (Å²) in [6.45, 7) is 8.00. The average Bonchev–Trinajstić information content (AvgIpc) is 2.96. The van der Waals surface area contributed by atoms with E-state index >= 15 is 0 Å². The highest BCUT2D eigenvalue weighted by molar-refractivity contribution is 7.99. The van der Waals surface area contributed by atoms with Crippen molar-refractivity contribution in [2.75, 3.05) is 43.4 Å². The van der Waals surface area contributed by atoms with Crippen LogP contribution < -0.4 is 4.90 Å². The maximum atomic E-state index is 12.9. The third-order valence-electron chi connectivity index (χ3n) is 8.09. The highest BCUT2D eigenvalue weighted by Crippen LogP contribution is 2.26.